The van der Waals surface area contributed by atoms with Crippen LogP contribution in [0.25, 0.3) is 0 Å². The number of hydrogen-bond acceptors (Lipinski definition) is 0. The third-order valence-electron chi connectivity index (χ3n) is 1.24. The summed E-state index contributed by atoms with van der Waals surface area (Å²) >= 11 is 0. The maximum absolute atomic E-state index is 3.85. The summed E-state index contributed by atoms with van der Waals surface area (Å²) < 4.78 is 0. The van der Waals surface area contributed by atoms with Crippen LogP contribution in [0, 0.1) is 0 Å². The highest BCUT2D eigenvalue weighted by molar-refractivity contribution is 5.27. The fourth-order valence-corrected chi connectivity index (χ4v) is 0.844. The quantitative estimate of drug-likeness (QED) is 0.416. The first-order valence-electron chi connectivity index (χ1n) is 2.80. The maximum Gasteiger partial charge on any atom is -0.00727 e. The van der Waals surface area contributed by atoms with Crippen LogP contribution in [0.4, 0.5) is 0 Å². The molecule has 42 valence electrons. The minimum absolute atomic E-state index is 0.997. The number of hydrogen-bond donors (Lipinski definition) is 0. The first-order valence-corrected chi connectivity index (χ1v) is 2.80. The van der Waals surface area contributed by atoms with Crippen molar-refractivity contribution in [3.8, 4) is 0 Å². The average molecular weight is 106 g/mol. The molecule has 0 amide bonds. The molecule has 0 aromatic carbocycles. The van der Waals surface area contributed by atoms with E-state index < -0.39 is 0 Å². The number of allylic oxidation sites excluding steroid dienone is 4. The standard InChI is InChI=1S/C8H10/c1-7-4-3-5-8(2)6-7/h3-4H,1-2,5-6H2. The normalized spacial score (nSPS) is 19.5. The predicted molar refractivity (Wildman–Crippen MR) is 36.7 cm³/mol. The van der Waals surface area contributed by atoms with Crippen LogP contribution in [0.15, 0.2) is 36.5 Å². The maximum atomic E-state index is 3.85. The van der Waals surface area contributed by atoms with Crippen molar-refractivity contribution in [3.63, 3.8) is 0 Å². The first kappa shape index (κ1) is 5.36. The van der Waals surface area contributed by atoms with Gasteiger partial charge in [-0.3, -0.25) is 0 Å². The summed E-state index contributed by atoms with van der Waals surface area (Å²) in [5.41, 5.74) is 2.46. The van der Waals surface area contributed by atoms with Crippen LogP contribution in [0.3, 0.4) is 0 Å². The molecule has 0 nitrogen and oxygen atoms in total. The van der Waals surface area contributed by atoms with Gasteiger partial charge in [0, 0.05) is 0 Å². The Bertz CT molecular complexity index is 149. The molecule has 0 spiro atoms. The van der Waals surface area contributed by atoms with Gasteiger partial charge in [-0.25, -0.2) is 0 Å². The van der Waals surface area contributed by atoms with Crippen molar-refractivity contribution >= 4 is 0 Å². The molecule has 0 radical (unpaired) electrons. The zero-order valence-corrected chi connectivity index (χ0v) is 4.98. The Balaban J connectivity index is 2.68. The lowest BCUT2D eigenvalue weighted by Gasteiger charge is -2.06. The SMILES string of the molecule is C=C1C=CCC(=C)C1. The van der Waals surface area contributed by atoms with Gasteiger partial charge in [0.05, 0.1) is 0 Å². The molecule has 0 heteroatoms. The van der Waals surface area contributed by atoms with Gasteiger partial charge in [-0.2, -0.15) is 0 Å². The summed E-state index contributed by atoms with van der Waals surface area (Å²) in [5.74, 6) is 0. The van der Waals surface area contributed by atoms with Crippen molar-refractivity contribution in [1.29, 1.82) is 0 Å². The van der Waals surface area contributed by atoms with Gasteiger partial charge < -0.3 is 0 Å². The second-order valence-corrected chi connectivity index (χ2v) is 2.19. The minimum atomic E-state index is 0.997. The second-order valence-electron chi connectivity index (χ2n) is 2.19. The van der Waals surface area contributed by atoms with E-state index in [1.54, 1.807) is 0 Å². The summed E-state index contributed by atoms with van der Waals surface area (Å²) in [7, 11) is 0. The average Bonchev–Trinajstić information content (AvgIpc) is 1.64. The van der Waals surface area contributed by atoms with Crippen LogP contribution in [0.2, 0.25) is 0 Å². The summed E-state index contributed by atoms with van der Waals surface area (Å²) in [5, 5.41) is 0. The van der Waals surface area contributed by atoms with E-state index in [0.29, 0.717) is 0 Å². The van der Waals surface area contributed by atoms with Crippen molar-refractivity contribution < 1.29 is 0 Å². The molecule has 0 saturated carbocycles. The highest BCUT2D eigenvalue weighted by Gasteiger charge is 1.97. The van der Waals surface area contributed by atoms with Gasteiger partial charge in [0.2, 0.25) is 0 Å². The van der Waals surface area contributed by atoms with Crippen molar-refractivity contribution in [2.75, 3.05) is 0 Å². The fraction of sp³-hybridized carbons (Fsp3) is 0.250. The lowest BCUT2D eigenvalue weighted by molar-refractivity contribution is 1.05. The molecule has 0 aliphatic heterocycles. The van der Waals surface area contributed by atoms with E-state index in [1.165, 1.54) is 11.1 Å². The smallest absolute Gasteiger partial charge is 0.00727 e. The van der Waals surface area contributed by atoms with Crippen LogP contribution in [-0.2, 0) is 0 Å². The van der Waals surface area contributed by atoms with Crippen molar-refractivity contribution in [1.82, 2.24) is 0 Å². The highest BCUT2D eigenvalue weighted by Crippen LogP contribution is 2.17. The Labute approximate surface area is 50.2 Å². The van der Waals surface area contributed by atoms with Gasteiger partial charge in [-0.05, 0) is 12.8 Å². The van der Waals surface area contributed by atoms with Gasteiger partial charge in [-0.1, -0.05) is 36.5 Å². The van der Waals surface area contributed by atoms with E-state index in [-0.39, 0.29) is 0 Å². The third kappa shape index (κ3) is 1.09. The Morgan fingerprint density at radius 2 is 2.12 bits per heavy atom. The van der Waals surface area contributed by atoms with Gasteiger partial charge in [0.1, 0.15) is 0 Å². The summed E-state index contributed by atoms with van der Waals surface area (Å²) in [6.45, 7) is 7.67. The lowest BCUT2D eigenvalue weighted by atomic mass is 9.99. The summed E-state index contributed by atoms with van der Waals surface area (Å²) in [4.78, 5) is 0. The molecule has 0 bridgehead atoms. The minimum Gasteiger partial charge on any atom is -0.0992 e. The van der Waals surface area contributed by atoms with E-state index in [4.69, 9.17) is 0 Å². The third-order valence-corrected chi connectivity index (χ3v) is 1.24. The van der Waals surface area contributed by atoms with Gasteiger partial charge in [0.15, 0.2) is 0 Å². The topological polar surface area (TPSA) is 0 Å². The van der Waals surface area contributed by atoms with Gasteiger partial charge in [0.25, 0.3) is 0 Å². The Morgan fingerprint density at radius 1 is 1.38 bits per heavy atom. The van der Waals surface area contributed by atoms with E-state index in [2.05, 4.69) is 25.3 Å². The van der Waals surface area contributed by atoms with Crippen molar-refractivity contribution in [3.05, 3.63) is 36.5 Å². The molecule has 8 heavy (non-hydrogen) atoms. The number of rotatable bonds is 0. The van der Waals surface area contributed by atoms with Crippen LogP contribution in [-0.4, -0.2) is 0 Å². The summed E-state index contributed by atoms with van der Waals surface area (Å²) in [6.07, 6.45) is 6.21. The molecule has 0 saturated heterocycles. The molecule has 0 aromatic rings. The van der Waals surface area contributed by atoms with E-state index >= 15 is 0 Å². The Kier molecular flexibility index (Phi) is 1.34. The predicted octanol–water partition coefficient (Wildman–Crippen LogP) is 2.45. The highest BCUT2D eigenvalue weighted by atomic mass is 14.0. The molecule has 0 aromatic heterocycles. The zero-order valence-electron chi connectivity index (χ0n) is 4.98. The lowest BCUT2D eigenvalue weighted by Crippen LogP contribution is -1.87. The first-order chi connectivity index (χ1) is 3.79. The van der Waals surface area contributed by atoms with Gasteiger partial charge >= 0.3 is 0 Å². The molecule has 0 atom stereocenters. The van der Waals surface area contributed by atoms with Crippen LogP contribution >= 0.6 is 0 Å². The molecule has 1 rings (SSSR count). The van der Waals surface area contributed by atoms with Crippen molar-refractivity contribution in [2.24, 2.45) is 0 Å². The molecule has 1 aliphatic rings. The molecule has 0 unspecified atom stereocenters. The molecular formula is C8H10. The van der Waals surface area contributed by atoms with Crippen LogP contribution in [0.5, 0.6) is 0 Å². The largest absolute Gasteiger partial charge is 0.0992 e. The van der Waals surface area contributed by atoms with E-state index in [1.807, 2.05) is 0 Å². The zero-order chi connectivity index (χ0) is 5.98. The van der Waals surface area contributed by atoms with E-state index in [9.17, 15) is 0 Å². The molecule has 0 fully saturated rings. The van der Waals surface area contributed by atoms with Crippen molar-refractivity contribution in [2.45, 2.75) is 12.8 Å². The Morgan fingerprint density at radius 3 is 2.50 bits per heavy atom. The fourth-order valence-electron chi connectivity index (χ4n) is 0.844. The monoisotopic (exact) mass is 106 g/mol. The summed E-state index contributed by atoms with van der Waals surface area (Å²) in [6, 6.07) is 0. The second kappa shape index (κ2) is 1.99. The molecule has 0 N–H and O–H groups in total. The molecular weight excluding hydrogens is 96.1 g/mol. The van der Waals surface area contributed by atoms with Crippen LogP contribution in [0.1, 0.15) is 12.8 Å². The van der Waals surface area contributed by atoms with E-state index in [0.717, 1.165) is 12.8 Å². The molecule has 1 aliphatic carbocycles. The van der Waals surface area contributed by atoms with Crippen LogP contribution < -0.4 is 0 Å². The Hall–Kier alpha value is -0.780. The van der Waals surface area contributed by atoms with Gasteiger partial charge in [-0.15, -0.1) is 0 Å². The molecule has 0 heterocycles.